The minimum absolute atomic E-state index is 0.0201. The fourth-order valence-electron chi connectivity index (χ4n) is 3.44. The van der Waals surface area contributed by atoms with E-state index in [-0.39, 0.29) is 5.41 Å². The van der Waals surface area contributed by atoms with Crippen LogP contribution in [0.2, 0.25) is 10.0 Å². The highest BCUT2D eigenvalue weighted by molar-refractivity contribution is 6.42. The summed E-state index contributed by atoms with van der Waals surface area (Å²) in [6.45, 7) is 4.56. The maximum atomic E-state index is 6.17. The van der Waals surface area contributed by atoms with Crippen LogP contribution in [-0.2, 0) is 5.41 Å². The average Bonchev–Trinajstić information content (AvgIpc) is 2.68. The lowest BCUT2D eigenvalue weighted by atomic mass is 9.82. The van der Waals surface area contributed by atoms with E-state index in [0.29, 0.717) is 10.0 Å². The van der Waals surface area contributed by atoms with Crippen molar-refractivity contribution >= 4 is 34.0 Å². The van der Waals surface area contributed by atoms with Crippen molar-refractivity contribution in [3.63, 3.8) is 0 Å². The van der Waals surface area contributed by atoms with Crippen molar-refractivity contribution in [3.05, 3.63) is 69.7 Å². The molecule has 0 N–H and O–H groups in total. The normalized spacial score (nSPS) is 15.0. The van der Waals surface area contributed by atoms with Crippen LogP contribution in [0.15, 0.2) is 48.5 Å². The second-order valence-corrected chi connectivity index (χ2v) is 7.00. The maximum Gasteiger partial charge on any atom is 0.0598 e. The van der Waals surface area contributed by atoms with Gasteiger partial charge < -0.3 is 0 Å². The molecule has 0 nitrogen and oxygen atoms in total. The van der Waals surface area contributed by atoms with E-state index in [4.69, 9.17) is 23.2 Å². The standard InChI is InChI=1S/C19H14Cl2/c1-19(2)15-6-4-3-5-13(15)14-7-11-9-17(20)18(21)10-12(11)8-16(14)19/h3-10H,1-2H3. The van der Waals surface area contributed by atoms with Crippen LogP contribution in [-0.4, -0.2) is 0 Å². The van der Waals surface area contributed by atoms with E-state index < -0.39 is 0 Å². The fraction of sp³-hybridized carbons (Fsp3) is 0.158. The first-order valence-electron chi connectivity index (χ1n) is 7.01. The Balaban J connectivity index is 2.12. The van der Waals surface area contributed by atoms with Gasteiger partial charge in [0.05, 0.1) is 10.0 Å². The van der Waals surface area contributed by atoms with Gasteiger partial charge in [-0.1, -0.05) is 61.3 Å². The lowest BCUT2D eigenvalue weighted by molar-refractivity contribution is 0.661. The van der Waals surface area contributed by atoms with Crippen LogP contribution in [0.4, 0.5) is 0 Å². The third-order valence-corrected chi connectivity index (χ3v) is 5.30. The summed E-state index contributed by atoms with van der Waals surface area (Å²) >= 11 is 12.3. The summed E-state index contributed by atoms with van der Waals surface area (Å²) in [5, 5.41) is 3.49. The lowest BCUT2D eigenvalue weighted by Gasteiger charge is -2.21. The Labute approximate surface area is 134 Å². The summed E-state index contributed by atoms with van der Waals surface area (Å²) in [6, 6.07) is 17.0. The molecule has 0 radical (unpaired) electrons. The SMILES string of the molecule is CC1(C)c2ccccc2-c2cc3cc(Cl)c(Cl)cc3cc21. The molecule has 1 aliphatic rings. The molecule has 0 saturated carbocycles. The van der Waals surface area contributed by atoms with Gasteiger partial charge in [0.1, 0.15) is 0 Å². The van der Waals surface area contributed by atoms with E-state index >= 15 is 0 Å². The van der Waals surface area contributed by atoms with Gasteiger partial charge in [0.2, 0.25) is 0 Å². The number of fused-ring (bicyclic) bond motifs is 4. The zero-order valence-electron chi connectivity index (χ0n) is 11.9. The Bertz CT molecular complexity index is 891. The van der Waals surface area contributed by atoms with Crippen molar-refractivity contribution in [1.29, 1.82) is 0 Å². The number of hydrogen-bond donors (Lipinski definition) is 0. The first-order valence-corrected chi connectivity index (χ1v) is 7.77. The number of hydrogen-bond acceptors (Lipinski definition) is 0. The summed E-state index contributed by atoms with van der Waals surface area (Å²) in [5.74, 6) is 0. The van der Waals surface area contributed by atoms with Crippen molar-refractivity contribution in [1.82, 2.24) is 0 Å². The predicted octanol–water partition coefficient (Wildman–Crippen LogP) is 6.45. The van der Waals surface area contributed by atoms with Crippen molar-refractivity contribution in [2.75, 3.05) is 0 Å². The quantitative estimate of drug-likeness (QED) is 0.447. The van der Waals surface area contributed by atoms with E-state index in [2.05, 4.69) is 50.2 Å². The molecule has 0 heterocycles. The van der Waals surface area contributed by atoms with Crippen molar-refractivity contribution < 1.29 is 0 Å². The van der Waals surface area contributed by atoms with Gasteiger partial charge in [-0.15, -0.1) is 0 Å². The van der Waals surface area contributed by atoms with Gasteiger partial charge in [0.15, 0.2) is 0 Å². The molecule has 21 heavy (non-hydrogen) atoms. The predicted molar refractivity (Wildman–Crippen MR) is 91.5 cm³/mol. The number of halogens is 2. The molecule has 0 fully saturated rings. The van der Waals surface area contributed by atoms with Crippen LogP contribution < -0.4 is 0 Å². The molecule has 3 aromatic carbocycles. The number of benzene rings is 3. The van der Waals surface area contributed by atoms with Crippen molar-refractivity contribution in [2.24, 2.45) is 0 Å². The fourth-order valence-corrected chi connectivity index (χ4v) is 3.79. The first-order chi connectivity index (χ1) is 9.98. The topological polar surface area (TPSA) is 0 Å². The summed E-state index contributed by atoms with van der Waals surface area (Å²) in [7, 11) is 0. The summed E-state index contributed by atoms with van der Waals surface area (Å²) in [6.07, 6.45) is 0. The monoisotopic (exact) mass is 312 g/mol. The van der Waals surface area contributed by atoms with Gasteiger partial charge in [0, 0.05) is 5.41 Å². The molecule has 0 spiro atoms. The first kappa shape index (κ1) is 13.2. The Kier molecular flexibility index (Phi) is 2.67. The van der Waals surface area contributed by atoms with E-state index in [1.807, 2.05) is 12.1 Å². The molecule has 3 aromatic rings. The van der Waals surface area contributed by atoms with Crippen LogP contribution in [0, 0.1) is 0 Å². The van der Waals surface area contributed by atoms with Gasteiger partial charge in [-0.05, 0) is 57.3 Å². The molecule has 4 rings (SSSR count). The van der Waals surface area contributed by atoms with Gasteiger partial charge in [0.25, 0.3) is 0 Å². The summed E-state index contributed by atoms with van der Waals surface area (Å²) in [5.41, 5.74) is 5.39. The van der Waals surface area contributed by atoms with E-state index in [1.54, 1.807) is 0 Å². The Morgan fingerprint density at radius 1 is 0.714 bits per heavy atom. The van der Waals surface area contributed by atoms with E-state index in [9.17, 15) is 0 Å². The molecule has 0 atom stereocenters. The molecule has 1 aliphatic carbocycles. The minimum Gasteiger partial charge on any atom is -0.0827 e. The van der Waals surface area contributed by atoms with Crippen molar-refractivity contribution in [3.8, 4) is 11.1 Å². The second-order valence-electron chi connectivity index (χ2n) is 6.18. The molecule has 0 saturated heterocycles. The van der Waals surface area contributed by atoms with Gasteiger partial charge in [-0.25, -0.2) is 0 Å². The van der Waals surface area contributed by atoms with Crippen LogP contribution in [0.5, 0.6) is 0 Å². The minimum atomic E-state index is 0.0201. The lowest BCUT2D eigenvalue weighted by Crippen LogP contribution is -2.14. The van der Waals surface area contributed by atoms with E-state index in [0.717, 1.165) is 10.8 Å². The van der Waals surface area contributed by atoms with Crippen molar-refractivity contribution in [2.45, 2.75) is 19.3 Å². The summed E-state index contributed by atoms with van der Waals surface area (Å²) < 4.78 is 0. The van der Waals surface area contributed by atoms with Crippen LogP contribution in [0.3, 0.4) is 0 Å². The maximum absolute atomic E-state index is 6.17. The smallest absolute Gasteiger partial charge is 0.0598 e. The molecule has 0 aliphatic heterocycles. The number of rotatable bonds is 0. The largest absolute Gasteiger partial charge is 0.0827 e. The molecule has 0 aromatic heterocycles. The Morgan fingerprint density at radius 2 is 1.33 bits per heavy atom. The molecular weight excluding hydrogens is 299 g/mol. The molecular formula is C19H14Cl2. The average molecular weight is 313 g/mol. The highest BCUT2D eigenvalue weighted by Gasteiger charge is 2.35. The third-order valence-electron chi connectivity index (χ3n) is 4.58. The Morgan fingerprint density at radius 3 is 2.05 bits per heavy atom. The molecule has 104 valence electrons. The van der Waals surface area contributed by atoms with Crippen LogP contribution in [0.25, 0.3) is 21.9 Å². The van der Waals surface area contributed by atoms with Gasteiger partial charge in [-0.2, -0.15) is 0 Å². The van der Waals surface area contributed by atoms with Crippen LogP contribution >= 0.6 is 23.2 Å². The highest BCUT2D eigenvalue weighted by Crippen LogP contribution is 2.49. The van der Waals surface area contributed by atoms with E-state index in [1.165, 1.54) is 22.3 Å². The van der Waals surface area contributed by atoms with Crippen LogP contribution in [0.1, 0.15) is 25.0 Å². The molecule has 2 heteroatoms. The van der Waals surface area contributed by atoms with Gasteiger partial charge >= 0.3 is 0 Å². The molecule has 0 amide bonds. The van der Waals surface area contributed by atoms with Gasteiger partial charge in [-0.3, -0.25) is 0 Å². The third kappa shape index (κ3) is 1.76. The molecule has 0 bridgehead atoms. The second kappa shape index (κ2) is 4.25. The molecule has 0 unspecified atom stereocenters. The zero-order chi connectivity index (χ0) is 14.8. The zero-order valence-corrected chi connectivity index (χ0v) is 13.4. The Hall–Kier alpha value is -1.50. The highest BCUT2D eigenvalue weighted by atomic mass is 35.5. The summed E-state index contributed by atoms with van der Waals surface area (Å²) in [4.78, 5) is 0.